The van der Waals surface area contributed by atoms with E-state index < -0.39 is 29.0 Å². The van der Waals surface area contributed by atoms with Crippen LogP contribution >= 0.6 is 0 Å². The van der Waals surface area contributed by atoms with Crippen LogP contribution in [0, 0.1) is 11.6 Å². The molecule has 2 aromatic heterocycles. The van der Waals surface area contributed by atoms with E-state index in [-0.39, 0.29) is 36.1 Å². The van der Waals surface area contributed by atoms with Crippen LogP contribution in [-0.4, -0.2) is 56.5 Å². The number of carbonyl (C=O) groups is 2. The normalized spacial score (nSPS) is 17.6. The van der Waals surface area contributed by atoms with Crippen LogP contribution in [0.25, 0.3) is 17.1 Å². The van der Waals surface area contributed by atoms with Gasteiger partial charge in [-0.25, -0.2) is 13.5 Å². The first-order chi connectivity index (χ1) is 21.1. The Bertz CT molecular complexity index is 1790. The number of hydrogen-bond donors (Lipinski definition) is 0. The first kappa shape index (κ1) is 28.2. The molecule has 3 aliphatic rings. The zero-order valence-corrected chi connectivity index (χ0v) is 23.4. The first-order valence-electron chi connectivity index (χ1n) is 14.4. The molecular formula is C32H26F5N5O2. The van der Waals surface area contributed by atoms with Crippen molar-refractivity contribution in [3.05, 3.63) is 94.8 Å². The first-order valence-corrected chi connectivity index (χ1v) is 14.4. The Labute approximate surface area is 248 Å². The van der Waals surface area contributed by atoms with Gasteiger partial charge >= 0.3 is 6.18 Å². The maximum Gasteiger partial charge on any atom is 0.419 e. The van der Waals surface area contributed by atoms with E-state index >= 15 is 0 Å². The zero-order chi connectivity index (χ0) is 30.8. The number of carbonyl (C=O) groups excluding carboxylic acids is 2. The molecule has 0 N–H and O–H groups in total. The highest BCUT2D eigenvalue weighted by Gasteiger charge is 2.50. The number of Topliss-reactive ketones (excluding diaryl/α,β-unsaturated/α-hetero) is 1. The lowest BCUT2D eigenvalue weighted by Crippen LogP contribution is -2.57. The fraction of sp³-hybridized carbons (Fsp3) is 0.312. The van der Waals surface area contributed by atoms with Crippen LogP contribution in [0.1, 0.15) is 46.4 Å². The van der Waals surface area contributed by atoms with E-state index in [9.17, 15) is 31.5 Å². The van der Waals surface area contributed by atoms with Gasteiger partial charge in [-0.05, 0) is 79.8 Å². The fourth-order valence-corrected chi connectivity index (χ4v) is 6.85. The van der Waals surface area contributed by atoms with E-state index in [2.05, 4.69) is 10.1 Å². The number of halogens is 5. The van der Waals surface area contributed by atoms with Gasteiger partial charge < -0.3 is 9.80 Å². The quantitative estimate of drug-likeness (QED) is 0.276. The monoisotopic (exact) mass is 607 g/mol. The Hall–Kier alpha value is -4.61. The van der Waals surface area contributed by atoms with Gasteiger partial charge in [-0.1, -0.05) is 6.07 Å². The summed E-state index contributed by atoms with van der Waals surface area (Å²) < 4.78 is 69.9. The number of aromatic nitrogens is 3. The third kappa shape index (κ3) is 4.46. The number of ketones is 1. The summed E-state index contributed by atoms with van der Waals surface area (Å²) in [5.74, 6) is -2.10. The van der Waals surface area contributed by atoms with Gasteiger partial charge in [0.05, 0.1) is 22.6 Å². The molecule has 2 fully saturated rings. The molecule has 2 aromatic carbocycles. The van der Waals surface area contributed by atoms with Gasteiger partial charge in [-0.2, -0.15) is 18.3 Å². The van der Waals surface area contributed by atoms with Crippen LogP contribution in [0.4, 0.5) is 27.6 Å². The van der Waals surface area contributed by atoms with E-state index in [1.165, 1.54) is 22.9 Å². The number of amides is 1. The van der Waals surface area contributed by atoms with Gasteiger partial charge in [0.2, 0.25) is 0 Å². The van der Waals surface area contributed by atoms with Gasteiger partial charge in [0.15, 0.2) is 11.5 Å². The maximum absolute atomic E-state index is 14.2. The molecule has 0 saturated carbocycles. The molecule has 0 radical (unpaired) electrons. The third-order valence-electron chi connectivity index (χ3n) is 9.06. The van der Waals surface area contributed by atoms with E-state index in [4.69, 9.17) is 0 Å². The average Bonchev–Trinajstić information content (AvgIpc) is 3.55. The van der Waals surface area contributed by atoms with E-state index in [1.54, 1.807) is 29.3 Å². The number of piperidine rings is 1. The number of benzene rings is 2. The Kier molecular flexibility index (Phi) is 6.56. The summed E-state index contributed by atoms with van der Waals surface area (Å²) in [6, 6.07) is 12.3. The number of rotatable bonds is 3. The lowest BCUT2D eigenvalue weighted by atomic mass is 9.83. The fourth-order valence-electron chi connectivity index (χ4n) is 6.85. The second-order valence-electron chi connectivity index (χ2n) is 11.4. The number of likely N-dealkylation sites (tertiary alicyclic amines) is 1. The van der Waals surface area contributed by atoms with Crippen molar-refractivity contribution < 1.29 is 31.5 Å². The summed E-state index contributed by atoms with van der Waals surface area (Å²) >= 11 is 0. The van der Waals surface area contributed by atoms with Crippen LogP contribution in [0.3, 0.4) is 0 Å². The summed E-state index contributed by atoms with van der Waals surface area (Å²) in [5.41, 5.74) is 0.876. The Balaban J connectivity index is 1.24. The zero-order valence-electron chi connectivity index (χ0n) is 23.4. The van der Waals surface area contributed by atoms with Crippen molar-refractivity contribution in [2.24, 2.45) is 0 Å². The lowest BCUT2D eigenvalue weighted by Gasteiger charge is -2.44. The SMILES string of the molecule is O=C(c1nn(-c2ccc(F)c(C(F)(F)F)c2)c2c1CCc1cccnc1-2)N1CCC2(CC1)C(=O)CCN2c1ccc(F)cc1. The van der Waals surface area contributed by atoms with Crippen LogP contribution in [0.5, 0.6) is 0 Å². The summed E-state index contributed by atoms with van der Waals surface area (Å²) in [5, 5.41) is 4.55. The molecule has 12 heteroatoms. The maximum atomic E-state index is 14.2. The van der Waals surface area contributed by atoms with Gasteiger partial charge in [-0.15, -0.1) is 0 Å². The average molecular weight is 608 g/mol. The van der Waals surface area contributed by atoms with Crippen molar-refractivity contribution in [1.29, 1.82) is 0 Å². The number of nitrogens with zero attached hydrogens (tertiary/aromatic N) is 5. The molecule has 226 valence electrons. The molecule has 4 aromatic rings. The topological polar surface area (TPSA) is 71.3 Å². The molecular weight excluding hydrogens is 581 g/mol. The summed E-state index contributed by atoms with van der Waals surface area (Å²) in [6.45, 7) is 1.02. The summed E-state index contributed by atoms with van der Waals surface area (Å²) in [4.78, 5) is 35.3. The van der Waals surface area contributed by atoms with Gasteiger partial charge in [0.1, 0.15) is 17.2 Å². The number of anilines is 1. The van der Waals surface area contributed by atoms with E-state index in [0.29, 0.717) is 61.7 Å². The molecule has 0 bridgehead atoms. The molecule has 7 rings (SSSR count). The standard InChI is InChI=1S/C32H26F5N5O2/c33-20-4-6-21(7-5-20)41-15-11-26(43)31(41)12-16-40(17-13-31)30(44)28-23-9-3-19-2-1-14-38-27(19)29(23)42(39-28)22-8-10-25(34)24(18-22)32(35,36)37/h1-2,4-8,10,14,18H,3,9,11-13,15-17H2. The summed E-state index contributed by atoms with van der Waals surface area (Å²) in [6.07, 6.45) is -1.29. The predicted molar refractivity (Wildman–Crippen MR) is 150 cm³/mol. The second-order valence-corrected chi connectivity index (χ2v) is 11.4. The molecule has 44 heavy (non-hydrogen) atoms. The molecule has 1 amide bonds. The van der Waals surface area contributed by atoms with E-state index in [0.717, 1.165) is 17.3 Å². The van der Waals surface area contributed by atoms with Crippen molar-refractivity contribution in [2.45, 2.75) is 43.8 Å². The summed E-state index contributed by atoms with van der Waals surface area (Å²) in [7, 11) is 0. The van der Waals surface area contributed by atoms with Crippen LogP contribution < -0.4 is 4.90 Å². The van der Waals surface area contributed by atoms with Crippen molar-refractivity contribution >= 4 is 17.4 Å². The van der Waals surface area contributed by atoms with Gasteiger partial charge in [-0.3, -0.25) is 14.6 Å². The lowest BCUT2D eigenvalue weighted by molar-refractivity contribution is -0.140. The van der Waals surface area contributed by atoms with E-state index in [1.807, 2.05) is 11.0 Å². The highest BCUT2D eigenvalue weighted by molar-refractivity contribution is 5.98. The van der Waals surface area contributed by atoms with Crippen molar-refractivity contribution in [1.82, 2.24) is 19.7 Å². The third-order valence-corrected chi connectivity index (χ3v) is 9.06. The minimum atomic E-state index is -4.93. The van der Waals surface area contributed by atoms with Crippen molar-refractivity contribution in [3.8, 4) is 17.1 Å². The minimum absolute atomic E-state index is 0.0448. The number of pyridine rings is 1. The molecule has 1 spiro atoms. The molecule has 2 saturated heterocycles. The second kappa shape index (κ2) is 10.2. The highest BCUT2D eigenvalue weighted by Crippen LogP contribution is 2.41. The molecule has 1 aliphatic carbocycles. The number of aryl methyl sites for hydroxylation is 1. The number of alkyl halides is 3. The Morgan fingerprint density at radius 3 is 2.34 bits per heavy atom. The molecule has 0 unspecified atom stereocenters. The van der Waals surface area contributed by atoms with Crippen LogP contribution in [-0.2, 0) is 23.8 Å². The molecule has 7 nitrogen and oxygen atoms in total. The van der Waals surface area contributed by atoms with Gasteiger partial charge in [0.25, 0.3) is 5.91 Å². The van der Waals surface area contributed by atoms with Crippen LogP contribution in [0.2, 0.25) is 0 Å². The number of fused-ring (bicyclic) bond motifs is 3. The smallest absolute Gasteiger partial charge is 0.358 e. The van der Waals surface area contributed by atoms with Crippen molar-refractivity contribution in [3.63, 3.8) is 0 Å². The predicted octanol–water partition coefficient (Wildman–Crippen LogP) is 5.78. The Morgan fingerprint density at radius 1 is 0.886 bits per heavy atom. The molecule has 0 atom stereocenters. The van der Waals surface area contributed by atoms with Gasteiger partial charge in [0, 0.05) is 43.5 Å². The van der Waals surface area contributed by atoms with Crippen molar-refractivity contribution in [2.75, 3.05) is 24.5 Å². The minimum Gasteiger partial charge on any atom is -0.358 e. The highest BCUT2D eigenvalue weighted by atomic mass is 19.4. The van der Waals surface area contributed by atoms with Crippen LogP contribution in [0.15, 0.2) is 60.8 Å². The largest absolute Gasteiger partial charge is 0.419 e. The molecule has 2 aliphatic heterocycles. The Morgan fingerprint density at radius 2 is 1.61 bits per heavy atom. The molecule has 4 heterocycles. The number of hydrogen-bond acceptors (Lipinski definition) is 5.